The van der Waals surface area contributed by atoms with E-state index in [0.717, 1.165) is 0 Å². The molecule has 0 bridgehead atoms. The summed E-state index contributed by atoms with van der Waals surface area (Å²) in [6.45, 7) is 0. The Morgan fingerprint density at radius 1 is 0.441 bits per heavy atom. The van der Waals surface area contributed by atoms with E-state index in [1.807, 2.05) is 0 Å². The number of carbonyl (C=O) groups is 3. The Bertz CT molecular complexity index is 1220. The first-order chi connectivity index (χ1) is 16.4. The summed E-state index contributed by atoms with van der Waals surface area (Å²) < 4.78 is 0. The van der Waals surface area contributed by atoms with E-state index in [-0.39, 0.29) is 17.6 Å². The lowest BCUT2D eigenvalue weighted by Crippen LogP contribution is -2.12. The van der Waals surface area contributed by atoms with Crippen LogP contribution in [0.2, 0.25) is 0 Å². The molecule has 2 amide bonds. The van der Waals surface area contributed by atoms with Crippen LogP contribution < -0.4 is 22.1 Å². The second-order valence-corrected chi connectivity index (χ2v) is 7.64. The molecule has 34 heavy (non-hydrogen) atoms. The van der Waals surface area contributed by atoms with Crippen molar-refractivity contribution in [2.75, 3.05) is 22.1 Å². The van der Waals surface area contributed by atoms with Crippen molar-refractivity contribution in [2.45, 2.75) is 0 Å². The summed E-state index contributed by atoms with van der Waals surface area (Å²) in [4.78, 5) is 37.5. The topological polar surface area (TPSA) is 127 Å². The van der Waals surface area contributed by atoms with Gasteiger partial charge in [0.2, 0.25) is 0 Å². The minimum absolute atomic E-state index is 0.173. The van der Waals surface area contributed by atoms with Crippen molar-refractivity contribution in [1.29, 1.82) is 0 Å². The molecular weight excluding hydrogens is 428 g/mol. The molecule has 0 unspecified atom stereocenters. The number of benzene rings is 4. The Hall–Kier alpha value is -4.91. The SMILES string of the molecule is Nc1ccc(C(=O)Nc2ccc(C(=O)c3ccc(NC(=O)c4ccc(N)cc4)cc3)cc2)cc1. The standard InChI is InChI=1S/C27H22N4O3/c28-21-9-1-19(2-10-21)26(33)30-23-13-5-17(6-14-23)25(32)18-7-15-24(16-8-18)31-27(34)20-3-11-22(29)12-4-20/h1-16H,28-29H2,(H,30,33)(H,31,34). The van der Waals surface area contributed by atoms with Gasteiger partial charge in [0.05, 0.1) is 0 Å². The molecule has 0 fully saturated rings. The van der Waals surface area contributed by atoms with Crippen LogP contribution >= 0.6 is 0 Å². The van der Waals surface area contributed by atoms with Crippen LogP contribution in [0.25, 0.3) is 0 Å². The molecule has 0 radical (unpaired) electrons. The van der Waals surface area contributed by atoms with Crippen LogP contribution in [0.15, 0.2) is 97.1 Å². The fourth-order valence-corrected chi connectivity index (χ4v) is 3.25. The third kappa shape index (κ3) is 5.28. The second-order valence-electron chi connectivity index (χ2n) is 7.64. The number of nitrogens with one attached hydrogen (secondary N) is 2. The zero-order chi connectivity index (χ0) is 24.1. The smallest absolute Gasteiger partial charge is 0.255 e. The lowest BCUT2D eigenvalue weighted by molar-refractivity contribution is 0.101. The average molecular weight is 450 g/mol. The highest BCUT2D eigenvalue weighted by Gasteiger charge is 2.12. The number of nitrogens with two attached hydrogens (primary N) is 2. The first kappa shape index (κ1) is 22.3. The molecule has 4 aromatic carbocycles. The molecule has 168 valence electrons. The number of hydrogen-bond acceptors (Lipinski definition) is 5. The maximum Gasteiger partial charge on any atom is 0.255 e. The van der Waals surface area contributed by atoms with Crippen molar-refractivity contribution in [3.63, 3.8) is 0 Å². The zero-order valence-electron chi connectivity index (χ0n) is 18.1. The molecule has 6 N–H and O–H groups in total. The number of carbonyl (C=O) groups excluding carboxylic acids is 3. The van der Waals surface area contributed by atoms with Gasteiger partial charge in [-0.1, -0.05) is 0 Å². The van der Waals surface area contributed by atoms with Gasteiger partial charge in [-0.25, -0.2) is 0 Å². The van der Waals surface area contributed by atoms with E-state index in [1.54, 1.807) is 97.1 Å². The highest BCUT2D eigenvalue weighted by atomic mass is 16.2. The van der Waals surface area contributed by atoms with Crippen molar-refractivity contribution in [2.24, 2.45) is 0 Å². The van der Waals surface area contributed by atoms with E-state index in [0.29, 0.717) is 45.0 Å². The van der Waals surface area contributed by atoms with Crippen LogP contribution in [-0.4, -0.2) is 17.6 Å². The second kappa shape index (κ2) is 9.70. The number of hydrogen-bond donors (Lipinski definition) is 4. The van der Waals surface area contributed by atoms with Gasteiger partial charge in [0.15, 0.2) is 5.78 Å². The lowest BCUT2D eigenvalue weighted by Gasteiger charge is -2.08. The van der Waals surface area contributed by atoms with Gasteiger partial charge in [0.25, 0.3) is 11.8 Å². The number of ketones is 1. The first-order valence-electron chi connectivity index (χ1n) is 10.5. The molecule has 0 spiro atoms. The van der Waals surface area contributed by atoms with Gasteiger partial charge in [-0.05, 0) is 97.1 Å². The summed E-state index contributed by atoms with van der Waals surface area (Å²) in [7, 11) is 0. The Labute approximate surface area is 196 Å². The number of amides is 2. The molecule has 4 aromatic rings. The minimum Gasteiger partial charge on any atom is -0.399 e. The Morgan fingerprint density at radius 3 is 1.06 bits per heavy atom. The van der Waals surface area contributed by atoms with Crippen LogP contribution in [0.4, 0.5) is 22.7 Å². The van der Waals surface area contributed by atoms with Crippen LogP contribution in [0.3, 0.4) is 0 Å². The molecule has 7 heteroatoms. The van der Waals surface area contributed by atoms with E-state index in [2.05, 4.69) is 10.6 Å². The van der Waals surface area contributed by atoms with Crippen molar-refractivity contribution < 1.29 is 14.4 Å². The van der Waals surface area contributed by atoms with Gasteiger partial charge in [-0.3, -0.25) is 14.4 Å². The van der Waals surface area contributed by atoms with E-state index < -0.39 is 0 Å². The fourth-order valence-electron chi connectivity index (χ4n) is 3.25. The molecule has 0 atom stereocenters. The van der Waals surface area contributed by atoms with E-state index >= 15 is 0 Å². The summed E-state index contributed by atoms with van der Waals surface area (Å²) in [5.41, 5.74) is 15.5. The maximum atomic E-state index is 12.8. The summed E-state index contributed by atoms with van der Waals surface area (Å²) in [6.07, 6.45) is 0. The molecule has 0 saturated carbocycles. The van der Waals surface area contributed by atoms with Crippen LogP contribution in [0.5, 0.6) is 0 Å². The lowest BCUT2D eigenvalue weighted by atomic mass is 10.0. The number of anilines is 4. The number of rotatable bonds is 6. The Balaban J connectivity index is 1.38. The number of nitrogen functional groups attached to an aromatic ring is 2. The molecule has 0 aliphatic carbocycles. The van der Waals surface area contributed by atoms with Gasteiger partial charge in [-0.2, -0.15) is 0 Å². The largest absolute Gasteiger partial charge is 0.399 e. The molecule has 4 rings (SSSR count). The average Bonchev–Trinajstić information content (AvgIpc) is 2.85. The third-order valence-corrected chi connectivity index (χ3v) is 5.16. The van der Waals surface area contributed by atoms with Gasteiger partial charge in [0.1, 0.15) is 0 Å². The van der Waals surface area contributed by atoms with Crippen molar-refractivity contribution >= 4 is 40.3 Å². The molecule has 7 nitrogen and oxygen atoms in total. The van der Waals surface area contributed by atoms with Gasteiger partial charge < -0.3 is 22.1 Å². The minimum atomic E-state index is -0.268. The summed E-state index contributed by atoms with van der Waals surface area (Å²) >= 11 is 0. The van der Waals surface area contributed by atoms with Crippen LogP contribution in [0, 0.1) is 0 Å². The quantitative estimate of drug-likeness (QED) is 0.252. The molecular formula is C27H22N4O3. The molecule has 0 saturated heterocycles. The summed E-state index contributed by atoms with van der Waals surface area (Å²) in [5.74, 6) is -0.709. The van der Waals surface area contributed by atoms with E-state index in [4.69, 9.17) is 11.5 Å². The Kier molecular flexibility index (Phi) is 6.36. The molecule has 0 aliphatic rings. The van der Waals surface area contributed by atoms with Crippen molar-refractivity contribution in [3.05, 3.63) is 119 Å². The summed E-state index contributed by atoms with van der Waals surface area (Å²) in [5, 5.41) is 5.58. The van der Waals surface area contributed by atoms with Gasteiger partial charge in [-0.15, -0.1) is 0 Å². The predicted molar refractivity (Wildman–Crippen MR) is 134 cm³/mol. The fraction of sp³-hybridized carbons (Fsp3) is 0. The third-order valence-electron chi connectivity index (χ3n) is 5.16. The van der Waals surface area contributed by atoms with E-state index in [1.165, 1.54) is 0 Å². The van der Waals surface area contributed by atoms with Gasteiger partial charge >= 0.3 is 0 Å². The molecule has 0 aliphatic heterocycles. The van der Waals surface area contributed by atoms with Crippen molar-refractivity contribution in [1.82, 2.24) is 0 Å². The highest BCUT2D eigenvalue weighted by molar-refractivity contribution is 6.10. The Morgan fingerprint density at radius 2 is 0.735 bits per heavy atom. The molecule has 0 heterocycles. The van der Waals surface area contributed by atoms with Crippen molar-refractivity contribution in [3.8, 4) is 0 Å². The zero-order valence-corrected chi connectivity index (χ0v) is 18.1. The highest BCUT2D eigenvalue weighted by Crippen LogP contribution is 2.18. The monoisotopic (exact) mass is 450 g/mol. The van der Waals surface area contributed by atoms with E-state index in [9.17, 15) is 14.4 Å². The summed E-state index contributed by atoms with van der Waals surface area (Å²) in [6, 6.07) is 26.5. The van der Waals surface area contributed by atoms with Crippen LogP contribution in [0.1, 0.15) is 36.6 Å². The normalized spacial score (nSPS) is 10.4. The van der Waals surface area contributed by atoms with Gasteiger partial charge in [0, 0.05) is 45.0 Å². The first-order valence-corrected chi connectivity index (χ1v) is 10.5. The molecule has 0 aromatic heterocycles. The van der Waals surface area contributed by atoms with Crippen LogP contribution in [-0.2, 0) is 0 Å². The predicted octanol–water partition coefficient (Wildman–Crippen LogP) is 4.59. The maximum absolute atomic E-state index is 12.8.